The number of rotatable bonds is 3. The van der Waals surface area contributed by atoms with E-state index in [1.54, 1.807) is 0 Å². The first-order chi connectivity index (χ1) is 13.1. The molecule has 2 fully saturated rings. The molecule has 0 spiro atoms. The van der Waals surface area contributed by atoms with Crippen LogP contribution in [0.1, 0.15) is 28.8 Å². The molecule has 27 heavy (non-hydrogen) atoms. The summed E-state index contributed by atoms with van der Waals surface area (Å²) in [4.78, 5) is 23.6. The summed E-state index contributed by atoms with van der Waals surface area (Å²) >= 11 is 6.49. The summed E-state index contributed by atoms with van der Waals surface area (Å²) in [5.41, 5.74) is 4.09. The Labute approximate surface area is 165 Å². The van der Waals surface area contributed by atoms with Crippen molar-refractivity contribution < 1.29 is 4.79 Å². The average molecular weight is 385 g/mol. The van der Waals surface area contributed by atoms with Crippen LogP contribution < -0.4 is 9.80 Å². The third-order valence-corrected chi connectivity index (χ3v) is 5.84. The second kappa shape index (κ2) is 7.77. The zero-order valence-corrected chi connectivity index (χ0v) is 16.5. The van der Waals surface area contributed by atoms with Gasteiger partial charge in [0.15, 0.2) is 0 Å². The lowest BCUT2D eigenvalue weighted by Crippen LogP contribution is -2.49. The van der Waals surface area contributed by atoms with Crippen molar-refractivity contribution >= 4 is 28.9 Å². The molecule has 0 unspecified atom stereocenters. The average Bonchev–Trinajstić information content (AvgIpc) is 3.22. The van der Waals surface area contributed by atoms with Gasteiger partial charge in [-0.3, -0.25) is 9.78 Å². The molecule has 2 aliphatic heterocycles. The zero-order chi connectivity index (χ0) is 18.8. The van der Waals surface area contributed by atoms with E-state index in [1.165, 1.54) is 24.1 Å². The fourth-order valence-electron chi connectivity index (χ4n) is 4.01. The van der Waals surface area contributed by atoms with Crippen LogP contribution in [0.3, 0.4) is 0 Å². The highest BCUT2D eigenvalue weighted by atomic mass is 35.5. The summed E-state index contributed by atoms with van der Waals surface area (Å²) in [7, 11) is 0. The Morgan fingerprint density at radius 1 is 0.963 bits per heavy atom. The van der Waals surface area contributed by atoms with Gasteiger partial charge in [0.05, 0.1) is 10.7 Å². The molecule has 2 aromatic rings. The van der Waals surface area contributed by atoms with Crippen LogP contribution in [0.15, 0.2) is 36.7 Å². The Morgan fingerprint density at radius 2 is 1.67 bits per heavy atom. The number of carbonyl (C=O) groups excluding carboxylic acids is 1. The number of amides is 1. The van der Waals surface area contributed by atoms with Gasteiger partial charge in [0.2, 0.25) is 0 Å². The molecular weight excluding hydrogens is 360 g/mol. The van der Waals surface area contributed by atoms with Crippen LogP contribution in [-0.2, 0) is 0 Å². The van der Waals surface area contributed by atoms with Gasteiger partial charge in [-0.15, -0.1) is 0 Å². The Morgan fingerprint density at radius 3 is 2.33 bits per heavy atom. The Hall–Kier alpha value is -2.27. The number of piperazine rings is 1. The highest BCUT2D eigenvalue weighted by Gasteiger charge is 2.24. The summed E-state index contributed by atoms with van der Waals surface area (Å²) in [6.45, 7) is 7.25. The van der Waals surface area contributed by atoms with Crippen molar-refractivity contribution in [2.75, 3.05) is 49.1 Å². The molecule has 5 nitrogen and oxygen atoms in total. The number of nitrogens with zero attached hydrogens (tertiary/aromatic N) is 4. The molecule has 0 N–H and O–H groups in total. The first-order valence-corrected chi connectivity index (χ1v) is 10.0. The summed E-state index contributed by atoms with van der Waals surface area (Å²) in [5.74, 6) is 0.0657. The third-order valence-electron chi connectivity index (χ3n) is 5.54. The monoisotopic (exact) mass is 384 g/mol. The maximum absolute atomic E-state index is 12.9. The van der Waals surface area contributed by atoms with Crippen molar-refractivity contribution in [3.05, 3.63) is 52.8 Å². The Bertz CT molecular complexity index is 827. The third kappa shape index (κ3) is 3.74. The van der Waals surface area contributed by atoms with Crippen molar-refractivity contribution in [3.63, 3.8) is 0 Å². The summed E-state index contributed by atoms with van der Waals surface area (Å²) in [5, 5.41) is 0.675. The van der Waals surface area contributed by atoms with Gasteiger partial charge in [-0.2, -0.15) is 0 Å². The largest absolute Gasteiger partial charge is 0.370 e. The molecule has 3 heterocycles. The quantitative estimate of drug-likeness (QED) is 0.810. The molecule has 1 amide bonds. The number of anilines is 2. The molecule has 4 rings (SSSR count). The Balaban J connectivity index is 1.42. The molecule has 0 bridgehead atoms. The number of hydrogen-bond acceptors (Lipinski definition) is 4. The molecule has 0 aliphatic carbocycles. The maximum atomic E-state index is 12.9. The van der Waals surface area contributed by atoms with Crippen LogP contribution in [0.2, 0.25) is 5.02 Å². The second-order valence-electron chi connectivity index (χ2n) is 7.30. The molecule has 1 aromatic heterocycles. The fraction of sp³-hybridized carbons (Fsp3) is 0.429. The van der Waals surface area contributed by atoms with E-state index < -0.39 is 0 Å². The van der Waals surface area contributed by atoms with Crippen molar-refractivity contribution in [3.8, 4) is 0 Å². The number of halogens is 1. The molecule has 2 aliphatic rings. The highest BCUT2D eigenvalue weighted by molar-refractivity contribution is 6.33. The van der Waals surface area contributed by atoms with Gasteiger partial charge in [-0.1, -0.05) is 11.6 Å². The van der Waals surface area contributed by atoms with Gasteiger partial charge in [0, 0.05) is 62.9 Å². The minimum Gasteiger partial charge on any atom is -0.370 e. The van der Waals surface area contributed by atoms with Crippen molar-refractivity contribution in [1.29, 1.82) is 0 Å². The number of benzene rings is 1. The summed E-state index contributed by atoms with van der Waals surface area (Å²) in [6.07, 6.45) is 6.12. The summed E-state index contributed by atoms with van der Waals surface area (Å²) < 4.78 is 0. The van der Waals surface area contributed by atoms with Crippen LogP contribution in [0.5, 0.6) is 0 Å². The van der Waals surface area contributed by atoms with Gasteiger partial charge in [-0.05, 0) is 49.6 Å². The van der Waals surface area contributed by atoms with E-state index >= 15 is 0 Å². The maximum Gasteiger partial charge on any atom is 0.254 e. The highest BCUT2D eigenvalue weighted by Crippen LogP contribution is 2.30. The number of aryl methyl sites for hydroxylation is 1. The van der Waals surface area contributed by atoms with Gasteiger partial charge in [-0.25, -0.2) is 0 Å². The lowest BCUT2D eigenvalue weighted by Gasteiger charge is -2.36. The Kier molecular flexibility index (Phi) is 5.21. The number of hydrogen-bond donors (Lipinski definition) is 0. The molecule has 1 aromatic carbocycles. The number of carbonyl (C=O) groups is 1. The van der Waals surface area contributed by atoms with E-state index in [4.69, 9.17) is 11.6 Å². The van der Waals surface area contributed by atoms with Crippen molar-refractivity contribution in [1.82, 2.24) is 9.88 Å². The van der Waals surface area contributed by atoms with Gasteiger partial charge in [0.1, 0.15) is 0 Å². The number of pyridine rings is 1. The van der Waals surface area contributed by atoms with E-state index in [0.29, 0.717) is 23.7 Å². The van der Waals surface area contributed by atoms with Crippen LogP contribution in [0, 0.1) is 6.92 Å². The predicted molar refractivity (Wildman–Crippen MR) is 110 cm³/mol. The van der Waals surface area contributed by atoms with Crippen molar-refractivity contribution in [2.24, 2.45) is 0 Å². The number of aromatic nitrogens is 1. The van der Waals surface area contributed by atoms with Gasteiger partial charge >= 0.3 is 0 Å². The van der Waals surface area contributed by atoms with E-state index in [0.717, 1.165) is 31.9 Å². The topological polar surface area (TPSA) is 39.7 Å². The standard InChI is InChI=1S/C21H25ClN4O/c1-16-15-23-7-6-19(16)25-10-12-26(13-11-25)21(27)17-4-5-20(18(22)14-17)24-8-2-3-9-24/h4-7,14-15H,2-3,8-13H2,1H3. The zero-order valence-electron chi connectivity index (χ0n) is 15.7. The minimum absolute atomic E-state index is 0.0657. The van der Waals surface area contributed by atoms with E-state index in [2.05, 4.69) is 21.7 Å². The van der Waals surface area contributed by atoms with E-state index in [-0.39, 0.29) is 5.91 Å². The first kappa shape index (κ1) is 18.1. The van der Waals surface area contributed by atoms with E-state index in [9.17, 15) is 4.79 Å². The van der Waals surface area contributed by atoms with Crippen molar-refractivity contribution in [2.45, 2.75) is 19.8 Å². The lowest BCUT2D eigenvalue weighted by molar-refractivity contribution is 0.0747. The molecule has 6 heteroatoms. The fourth-order valence-corrected chi connectivity index (χ4v) is 4.31. The lowest BCUT2D eigenvalue weighted by atomic mass is 10.1. The molecule has 0 atom stereocenters. The minimum atomic E-state index is 0.0657. The molecule has 142 valence electrons. The van der Waals surface area contributed by atoms with Crippen LogP contribution >= 0.6 is 11.6 Å². The van der Waals surface area contributed by atoms with Gasteiger partial charge in [0.25, 0.3) is 5.91 Å². The SMILES string of the molecule is Cc1cnccc1N1CCN(C(=O)c2ccc(N3CCCC3)c(Cl)c2)CC1. The van der Waals surface area contributed by atoms with Gasteiger partial charge < -0.3 is 14.7 Å². The second-order valence-corrected chi connectivity index (χ2v) is 7.71. The predicted octanol–water partition coefficient (Wildman–Crippen LogP) is 3.61. The smallest absolute Gasteiger partial charge is 0.254 e. The van der Waals surface area contributed by atoms with Crippen LogP contribution in [-0.4, -0.2) is 55.1 Å². The molecule has 0 saturated carbocycles. The molecular formula is C21H25ClN4O. The molecule has 2 saturated heterocycles. The summed E-state index contributed by atoms with van der Waals surface area (Å²) in [6, 6.07) is 7.79. The van der Waals surface area contributed by atoms with Crippen LogP contribution in [0.4, 0.5) is 11.4 Å². The first-order valence-electron chi connectivity index (χ1n) is 9.63. The van der Waals surface area contributed by atoms with E-state index in [1.807, 2.05) is 41.6 Å². The molecule has 0 radical (unpaired) electrons. The normalized spacial score (nSPS) is 17.5. The van der Waals surface area contributed by atoms with Crippen LogP contribution in [0.25, 0.3) is 0 Å².